The maximum absolute atomic E-state index is 14.1. The summed E-state index contributed by atoms with van der Waals surface area (Å²) in [6, 6.07) is 9.19. The standard InChI is InChI=1S/C19H16FNO5/c1-25-13-8-7-10(9-14(13)26-2)17(22)15-16(21-19(24)18(15)23)11-5-3-4-6-12(11)20/h3-9,16,22H,1-2H3,(H,21,24)/t16-/m0/s1. The molecule has 0 aliphatic carbocycles. The number of amides is 1. The van der Waals surface area contributed by atoms with Crippen molar-refractivity contribution in [3.05, 3.63) is 65.0 Å². The minimum Gasteiger partial charge on any atom is -0.507 e. The average Bonchev–Trinajstić information content (AvgIpc) is 2.95. The summed E-state index contributed by atoms with van der Waals surface area (Å²) in [6.45, 7) is 0. The summed E-state index contributed by atoms with van der Waals surface area (Å²) >= 11 is 0. The summed E-state index contributed by atoms with van der Waals surface area (Å²) in [5, 5.41) is 13.1. The van der Waals surface area contributed by atoms with Crippen LogP contribution in [0.2, 0.25) is 0 Å². The minimum absolute atomic E-state index is 0.0914. The van der Waals surface area contributed by atoms with E-state index in [1.54, 1.807) is 12.1 Å². The third-order valence-corrected chi connectivity index (χ3v) is 4.14. The Morgan fingerprint density at radius 2 is 1.77 bits per heavy atom. The van der Waals surface area contributed by atoms with E-state index in [1.807, 2.05) is 0 Å². The van der Waals surface area contributed by atoms with Crippen LogP contribution in [-0.2, 0) is 9.59 Å². The van der Waals surface area contributed by atoms with Crippen molar-refractivity contribution < 1.29 is 28.6 Å². The van der Waals surface area contributed by atoms with E-state index >= 15 is 0 Å². The fourth-order valence-corrected chi connectivity index (χ4v) is 2.85. The van der Waals surface area contributed by atoms with E-state index in [0.717, 1.165) is 0 Å². The van der Waals surface area contributed by atoms with E-state index in [1.165, 1.54) is 44.6 Å². The van der Waals surface area contributed by atoms with Crippen LogP contribution in [-0.4, -0.2) is 31.0 Å². The van der Waals surface area contributed by atoms with E-state index in [4.69, 9.17) is 9.47 Å². The number of carbonyl (C=O) groups is 2. The molecule has 1 aliphatic heterocycles. The van der Waals surface area contributed by atoms with Gasteiger partial charge in [-0.1, -0.05) is 18.2 Å². The monoisotopic (exact) mass is 357 g/mol. The van der Waals surface area contributed by atoms with Gasteiger partial charge in [0.25, 0.3) is 11.7 Å². The topological polar surface area (TPSA) is 84.9 Å². The van der Waals surface area contributed by atoms with Gasteiger partial charge in [-0.15, -0.1) is 0 Å². The molecule has 134 valence electrons. The van der Waals surface area contributed by atoms with Gasteiger partial charge < -0.3 is 19.9 Å². The number of aliphatic hydroxyl groups excluding tert-OH is 1. The number of nitrogens with one attached hydrogen (secondary N) is 1. The highest BCUT2D eigenvalue weighted by molar-refractivity contribution is 6.46. The van der Waals surface area contributed by atoms with Gasteiger partial charge in [0.05, 0.1) is 25.8 Å². The first-order valence-electron chi connectivity index (χ1n) is 7.73. The fourth-order valence-electron chi connectivity index (χ4n) is 2.85. The maximum atomic E-state index is 14.1. The Labute approximate surface area is 148 Å². The molecule has 2 aromatic rings. The first-order chi connectivity index (χ1) is 12.5. The lowest BCUT2D eigenvalue weighted by atomic mass is 9.95. The van der Waals surface area contributed by atoms with Gasteiger partial charge in [0.2, 0.25) is 0 Å². The summed E-state index contributed by atoms with van der Waals surface area (Å²) in [4.78, 5) is 24.2. The van der Waals surface area contributed by atoms with Crippen molar-refractivity contribution in [2.24, 2.45) is 0 Å². The summed E-state index contributed by atoms with van der Waals surface area (Å²) in [6.07, 6.45) is 0. The first-order valence-corrected chi connectivity index (χ1v) is 7.73. The molecule has 7 heteroatoms. The largest absolute Gasteiger partial charge is 0.507 e. The van der Waals surface area contributed by atoms with Crippen LogP contribution in [0.4, 0.5) is 4.39 Å². The highest BCUT2D eigenvalue weighted by Crippen LogP contribution is 2.36. The number of hydrogen-bond donors (Lipinski definition) is 2. The molecule has 6 nitrogen and oxygen atoms in total. The second-order valence-corrected chi connectivity index (χ2v) is 5.59. The van der Waals surface area contributed by atoms with E-state index in [-0.39, 0.29) is 16.7 Å². The van der Waals surface area contributed by atoms with E-state index in [9.17, 15) is 19.1 Å². The Morgan fingerprint density at radius 1 is 1.08 bits per heavy atom. The first kappa shape index (κ1) is 17.5. The molecule has 3 rings (SSSR count). The van der Waals surface area contributed by atoms with Crippen molar-refractivity contribution in [2.45, 2.75) is 6.04 Å². The van der Waals surface area contributed by atoms with Crippen LogP contribution in [0.5, 0.6) is 11.5 Å². The normalized spacial score (nSPS) is 18.5. The van der Waals surface area contributed by atoms with Gasteiger partial charge in [-0.05, 0) is 24.3 Å². The van der Waals surface area contributed by atoms with Crippen molar-refractivity contribution in [1.82, 2.24) is 5.32 Å². The molecular weight excluding hydrogens is 341 g/mol. The molecule has 0 bridgehead atoms. The number of ketones is 1. The average molecular weight is 357 g/mol. The van der Waals surface area contributed by atoms with Gasteiger partial charge in [0.1, 0.15) is 11.6 Å². The molecule has 1 saturated heterocycles. The molecule has 0 unspecified atom stereocenters. The van der Waals surface area contributed by atoms with Crippen LogP contribution in [0.25, 0.3) is 5.76 Å². The number of halogens is 1. The molecule has 1 aliphatic rings. The van der Waals surface area contributed by atoms with Crippen molar-refractivity contribution >= 4 is 17.4 Å². The third-order valence-electron chi connectivity index (χ3n) is 4.14. The number of rotatable bonds is 4. The Morgan fingerprint density at radius 3 is 2.42 bits per heavy atom. The zero-order valence-corrected chi connectivity index (χ0v) is 14.1. The molecule has 0 spiro atoms. The van der Waals surface area contributed by atoms with Gasteiger partial charge in [-0.2, -0.15) is 0 Å². The predicted octanol–water partition coefficient (Wildman–Crippen LogP) is 2.55. The summed E-state index contributed by atoms with van der Waals surface area (Å²) in [5.74, 6) is -2.06. The molecule has 2 aromatic carbocycles. The molecule has 0 aromatic heterocycles. The lowest BCUT2D eigenvalue weighted by Crippen LogP contribution is -2.21. The van der Waals surface area contributed by atoms with Gasteiger partial charge in [0.15, 0.2) is 11.5 Å². The minimum atomic E-state index is -1.08. The van der Waals surface area contributed by atoms with Gasteiger partial charge in [0, 0.05) is 11.1 Å². The molecule has 1 fully saturated rings. The number of ether oxygens (including phenoxy) is 2. The predicted molar refractivity (Wildman–Crippen MR) is 91.4 cm³/mol. The number of Topliss-reactive ketones (excluding diaryl/α,β-unsaturated/α-hetero) is 1. The van der Waals surface area contributed by atoms with Crippen LogP contribution in [0, 0.1) is 5.82 Å². The van der Waals surface area contributed by atoms with Gasteiger partial charge >= 0.3 is 0 Å². The fraction of sp³-hybridized carbons (Fsp3) is 0.158. The van der Waals surface area contributed by atoms with Crippen molar-refractivity contribution in [2.75, 3.05) is 14.2 Å². The lowest BCUT2D eigenvalue weighted by molar-refractivity contribution is -0.133. The Balaban J connectivity index is 2.15. The quantitative estimate of drug-likeness (QED) is 0.499. The zero-order chi connectivity index (χ0) is 18.8. The summed E-state index contributed by atoms with van der Waals surface area (Å²) in [5.41, 5.74) is 0.116. The smallest absolute Gasteiger partial charge is 0.293 e. The van der Waals surface area contributed by atoms with Crippen LogP contribution in [0.1, 0.15) is 17.2 Å². The maximum Gasteiger partial charge on any atom is 0.293 e. The van der Waals surface area contributed by atoms with Gasteiger partial charge in [-0.3, -0.25) is 9.59 Å². The van der Waals surface area contributed by atoms with E-state index in [0.29, 0.717) is 11.5 Å². The number of hydrogen-bond acceptors (Lipinski definition) is 5. The molecular formula is C19H16FNO5. The van der Waals surface area contributed by atoms with Crippen LogP contribution in [0.3, 0.4) is 0 Å². The molecule has 0 saturated carbocycles. The number of aliphatic hydroxyl groups is 1. The lowest BCUT2D eigenvalue weighted by Gasteiger charge is -2.15. The SMILES string of the molecule is COc1ccc(C(O)=C2C(=O)C(=O)N[C@H]2c2ccccc2F)cc1OC. The van der Waals surface area contributed by atoms with Gasteiger partial charge in [-0.25, -0.2) is 4.39 Å². The molecule has 1 amide bonds. The zero-order valence-electron chi connectivity index (χ0n) is 14.1. The molecule has 0 radical (unpaired) electrons. The van der Waals surface area contributed by atoms with Crippen LogP contribution >= 0.6 is 0 Å². The van der Waals surface area contributed by atoms with Crippen LogP contribution in [0.15, 0.2) is 48.0 Å². The van der Waals surface area contributed by atoms with Crippen molar-refractivity contribution in [3.8, 4) is 11.5 Å². The molecule has 2 N–H and O–H groups in total. The summed E-state index contributed by atoms with van der Waals surface area (Å²) in [7, 11) is 2.90. The molecule has 1 atom stereocenters. The number of methoxy groups -OCH3 is 2. The summed E-state index contributed by atoms with van der Waals surface area (Å²) < 4.78 is 24.5. The van der Waals surface area contributed by atoms with E-state index < -0.39 is 29.3 Å². The Bertz CT molecular complexity index is 922. The number of benzene rings is 2. The van der Waals surface area contributed by atoms with Crippen LogP contribution < -0.4 is 14.8 Å². The Hall–Kier alpha value is -3.35. The second kappa shape index (κ2) is 6.87. The highest BCUT2D eigenvalue weighted by Gasteiger charge is 2.40. The number of carbonyl (C=O) groups excluding carboxylic acids is 2. The Kier molecular flexibility index (Phi) is 4.62. The highest BCUT2D eigenvalue weighted by atomic mass is 19.1. The molecule has 26 heavy (non-hydrogen) atoms. The van der Waals surface area contributed by atoms with Crippen molar-refractivity contribution in [3.63, 3.8) is 0 Å². The third kappa shape index (κ3) is 2.88. The molecule has 1 heterocycles. The van der Waals surface area contributed by atoms with E-state index in [2.05, 4.69) is 5.32 Å². The second-order valence-electron chi connectivity index (χ2n) is 5.59. The van der Waals surface area contributed by atoms with Crippen molar-refractivity contribution in [1.29, 1.82) is 0 Å².